The maximum absolute atomic E-state index is 6.29. The number of nitrogens with one attached hydrogen (secondary N) is 1. The number of benzene rings is 7. The molecule has 188 valence electrons. The van der Waals surface area contributed by atoms with Crippen LogP contribution in [0.25, 0.3) is 65.7 Å². The van der Waals surface area contributed by atoms with Crippen molar-refractivity contribution in [1.29, 1.82) is 0 Å². The molecule has 0 atom stereocenters. The molecule has 1 aromatic heterocycles. The van der Waals surface area contributed by atoms with Crippen molar-refractivity contribution >= 4 is 54.9 Å². The molecule has 2 nitrogen and oxygen atoms in total. The lowest BCUT2D eigenvalue weighted by Crippen LogP contribution is -1.91. The van der Waals surface area contributed by atoms with Crippen LogP contribution in [0.2, 0.25) is 0 Å². The van der Waals surface area contributed by atoms with Gasteiger partial charge >= 0.3 is 0 Å². The Morgan fingerprint density at radius 2 is 1.07 bits per heavy atom. The molecule has 1 N–H and O–H groups in total. The fraction of sp³-hybridized carbons (Fsp3) is 0. The molecule has 0 unspecified atom stereocenters. The first-order valence-electron chi connectivity index (χ1n) is 13.6. The van der Waals surface area contributed by atoms with E-state index in [1.165, 1.54) is 38.2 Å². The first-order chi connectivity index (χ1) is 19.8. The molecule has 8 rings (SSSR count). The minimum atomic E-state index is 0.880. The van der Waals surface area contributed by atoms with Gasteiger partial charge in [0, 0.05) is 11.1 Å². The summed E-state index contributed by atoms with van der Waals surface area (Å²) in [5, 5.41) is 11.0. The van der Waals surface area contributed by atoms with E-state index in [4.69, 9.17) is 4.42 Å². The van der Waals surface area contributed by atoms with E-state index in [9.17, 15) is 0 Å². The summed E-state index contributed by atoms with van der Waals surface area (Å²) in [5.41, 5.74) is 8.59. The van der Waals surface area contributed by atoms with Crippen LogP contribution in [-0.2, 0) is 0 Å². The highest BCUT2D eigenvalue weighted by Crippen LogP contribution is 2.38. The van der Waals surface area contributed by atoms with Crippen molar-refractivity contribution in [3.8, 4) is 22.3 Å². The van der Waals surface area contributed by atoms with Crippen LogP contribution in [0.15, 0.2) is 150 Å². The van der Waals surface area contributed by atoms with Crippen LogP contribution in [0.3, 0.4) is 0 Å². The summed E-state index contributed by atoms with van der Waals surface area (Å²) in [5.74, 6) is 0. The Bertz CT molecular complexity index is 2170. The summed E-state index contributed by atoms with van der Waals surface area (Å²) in [6.45, 7) is 0. The molecule has 8 aromatic rings. The summed E-state index contributed by atoms with van der Waals surface area (Å²) >= 11 is 0. The molecule has 0 bridgehead atoms. The summed E-state index contributed by atoms with van der Waals surface area (Å²) in [7, 11) is 0. The van der Waals surface area contributed by atoms with Crippen LogP contribution in [0.1, 0.15) is 0 Å². The van der Waals surface area contributed by atoms with Crippen molar-refractivity contribution in [1.82, 2.24) is 0 Å². The molecule has 0 fully saturated rings. The Hall–Kier alpha value is -5.34. The molecule has 0 radical (unpaired) electrons. The van der Waals surface area contributed by atoms with E-state index < -0.39 is 0 Å². The maximum Gasteiger partial charge on any atom is 0.137 e. The number of hydrogen-bond donors (Lipinski definition) is 1. The molecule has 0 spiro atoms. The average molecular weight is 512 g/mol. The number of hydrogen-bond acceptors (Lipinski definition) is 2. The van der Waals surface area contributed by atoms with Crippen molar-refractivity contribution in [3.63, 3.8) is 0 Å². The maximum atomic E-state index is 6.29. The molecule has 0 saturated carbocycles. The minimum Gasteiger partial charge on any atom is -0.456 e. The largest absolute Gasteiger partial charge is 0.456 e. The van der Waals surface area contributed by atoms with Crippen molar-refractivity contribution < 1.29 is 4.42 Å². The molecule has 0 aliphatic carbocycles. The topological polar surface area (TPSA) is 25.2 Å². The third-order valence-electron chi connectivity index (χ3n) is 7.85. The number of furan rings is 1. The second-order valence-electron chi connectivity index (χ2n) is 10.3. The van der Waals surface area contributed by atoms with Crippen molar-refractivity contribution in [2.24, 2.45) is 0 Å². The van der Waals surface area contributed by atoms with Crippen LogP contribution < -0.4 is 5.32 Å². The van der Waals surface area contributed by atoms with E-state index in [0.29, 0.717) is 0 Å². The Balaban J connectivity index is 1.12. The molecule has 1 heterocycles. The van der Waals surface area contributed by atoms with Crippen molar-refractivity contribution in [2.45, 2.75) is 0 Å². The second kappa shape index (κ2) is 9.14. The molecule has 2 heteroatoms. The van der Waals surface area contributed by atoms with Gasteiger partial charge in [0.15, 0.2) is 0 Å². The molecule has 0 amide bonds. The first-order valence-corrected chi connectivity index (χ1v) is 13.6. The average Bonchev–Trinajstić information content (AvgIpc) is 3.40. The molecule has 0 aliphatic rings. The summed E-state index contributed by atoms with van der Waals surface area (Å²) in [6, 6.07) is 51.5. The lowest BCUT2D eigenvalue weighted by atomic mass is 9.97. The van der Waals surface area contributed by atoms with Crippen LogP contribution in [0, 0.1) is 0 Å². The highest BCUT2D eigenvalue weighted by molar-refractivity contribution is 6.13. The standard InChI is InChI=1S/C38H25NO/c1-2-7-25(8-3-1)29-18-22-34-37(24-29)40-36-12-6-11-35(38(34)36)39-31-19-15-26(16-20-31)28-17-21-33-30(23-28)14-13-27-9-4-5-10-32(27)33/h1-24,39H. The van der Waals surface area contributed by atoms with Crippen LogP contribution >= 0.6 is 0 Å². The highest BCUT2D eigenvalue weighted by Gasteiger charge is 2.13. The zero-order valence-electron chi connectivity index (χ0n) is 21.8. The number of fused-ring (bicyclic) bond motifs is 6. The van der Waals surface area contributed by atoms with Gasteiger partial charge in [-0.15, -0.1) is 0 Å². The smallest absolute Gasteiger partial charge is 0.137 e. The Labute approximate surface area is 232 Å². The SMILES string of the molecule is c1ccc(-c2ccc3c(c2)oc2cccc(Nc4ccc(-c5ccc6c(ccc7ccccc76)c5)cc4)c23)cc1. The third kappa shape index (κ3) is 3.81. The fourth-order valence-electron chi connectivity index (χ4n) is 5.83. The first kappa shape index (κ1) is 22.6. The monoisotopic (exact) mass is 511 g/mol. The highest BCUT2D eigenvalue weighted by atomic mass is 16.3. The van der Waals surface area contributed by atoms with E-state index in [-0.39, 0.29) is 0 Å². The normalized spacial score (nSPS) is 11.5. The predicted octanol–water partition coefficient (Wildman–Crippen LogP) is 11.0. The summed E-state index contributed by atoms with van der Waals surface area (Å²) in [4.78, 5) is 0. The molecular weight excluding hydrogens is 486 g/mol. The quantitative estimate of drug-likeness (QED) is 0.238. The van der Waals surface area contributed by atoms with Gasteiger partial charge in [0.05, 0.1) is 11.1 Å². The molecule has 0 aliphatic heterocycles. The zero-order chi connectivity index (χ0) is 26.5. The molecule has 0 saturated heterocycles. The summed E-state index contributed by atoms with van der Waals surface area (Å²) in [6.07, 6.45) is 0. The van der Waals surface area contributed by atoms with E-state index >= 15 is 0 Å². The van der Waals surface area contributed by atoms with Gasteiger partial charge in [-0.05, 0) is 86.3 Å². The fourth-order valence-corrected chi connectivity index (χ4v) is 5.83. The minimum absolute atomic E-state index is 0.880. The van der Waals surface area contributed by atoms with Gasteiger partial charge in [0.1, 0.15) is 11.2 Å². The van der Waals surface area contributed by atoms with Crippen LogP contribution in [0.4, 0.5) is 11.4 Å². The predicted molar refractivity (Wildman–Crippen MR) is 169 cm³/mol. The van der Waals surface area contributed by atoms with Gasteiger partial charge in [0.25, 0.3) is 0 Å². The second-order valence-corrected chi connectivity index (χ2v) is 10.3. The van der Waals surface area contributed by atoms with Gasteiger partial charge in [-0.25, -0.2) is 0 Å². The van der Waals surface area contributed by atoms with Gasteiger partial charge in [-0.1, -0.05) is 103 Å². The number of rotatable bonds is 4. The van der Waals surface area contributed by atoms with Crippen LogP contribution in [-0.4, -0.2) is 0 Å². The van der Waals surface area contributed by atoms with Gasteiger partial charge in [-0.2, -0.15) is 0 Å². The van der Waals surface area contributed by atoms with Crippen molar-refractivity contribution in [3.05, 3.63) is 146 Å². The van der Waals surface area contributed by atoms with Crippen LogP contribution in [0.5, 0.6) is 0 Å². The van der Waals surface area contributed by atoms with E-state index in [1.807, 2.05) is 18.2 Å². The molecule has 7 aromatic carbocycles. The molecular formula is C38H25NO. The van der Waals surface area contributed by atoms with E-state index in [2.05, 4.69) is 133 Å². The lowest BCUT2D eigenvalue weighted by Gasteiger charge is -2.10. The van der Waals surface area contributed by atoms with E-state index in [0.717, 1.165) is 38.9 Å². The zero-order valence-corrected chi connectivity index (χ0v) is 21.8. The van der Waals surface area contributed by atoms with Gasteiger partial charge < -0.3 is 9.73 Å². The molecule has 40 heavy (non-hydrogen) atoms. The Morgan fingerprint density at radius 1 is 0.400 bits per heavy atom. The lowest BCUT2D eigenvalue weighted by molar-refractivity contribution is 0.669. The van der Waals surface area contributed by atoms with Gasteiger partial charge in [0.2, 0.25) is 0 Å². The van der Waals surface area contributed by atoms with Gasteiger partial charge in [-0.3, -0.25) is 0 Å². The number of anilines is 2. The Kier molecular flexibility index (Phi) is 5.17. The van der Waals surface area contributed by atoms with Crippen molar-refractivity contribution in [2.75, 3.05) is 5.32 Å². The van der Waals surface area contributed by atoms with E-state index in [1.54, 1.807) is 0 Å². The third-order valence-corrected chi connectivity index (χ3v) is 7.85. The Morgan fingerprint density at radius 3 is 1.95 bits per heavy atom. The summed E-state index contributed by atoms with van der Waals surface area (Å²) < 4.78 is 6.29.